The van der Waals surface area contributed by atoms with Gasteiger partial charge in [-0.2, -0.15) is 5.26 Å². The van der Waals surface area contributed by atoms with Gasteiger partial charge in [-0.3, -0.25) is 0 Å². The lowest BCUT2D eigenvalue weighted by atomic mass is 9.89. The summed E-state index contributed by atoms with van der Waals surface area (Å²) in [7, 11) is 0. The lowest BCUT2D eigenvalue weighted by molar-refractivity contribution is 0.166. The molecule has 0 saturated carbocycles. The van der Waals surface area contributed by atoms with Crippen LogP contribution in [-0.4, -0.2) is 34.2 Å². The monoisotopic (exact) mass is 351 g/mol. The molecule has 8 heteroatoms. The van der Waals surface area contributed by atoms with Crippen LogP contribution < -0.4 is 5.32 Å². The van der Waals surface area contributed by atoms with Crippen LogP contribution >= 0.6 is 0 Å². The van der Waals surface area contributed by atoms with Crippen LogP contribution in [0.4, 0.5) is 9.59 Å². The molecule has 3 rings (SSSR count). The van der Waals surface area contributed by atoms with Gasteiger partial charge >= 0.3 is 12.1 Å². The Morgan fingerprint density at radius 1 is 1.38 bits per heavy atom. The van der Waals surface area contributed by atoms with Gasteiger partial charge in [0.25, 0.3) is 0 Å². The van der Waals surface area contributed by atoms with E-state index in [4.69, 9.17) is 4.42 Å². The fourth-order valence-corrected chi connectivity index (χ4v) is 2.94. The summed E-state index contributed by atoms with van der Waals surface area (Å²) in [6.45, 7) is 3.67. The van der Waals surface area contributed by atoms with E-state index >= 15 is 0 Å². The summed E-state index contributed by atoms with van der Waals surface area (Å²) in [4.78, 5) is 33.9. The molecule has 132 valence electrons. The summed E-state index contributed by atoms with van der Waals surface area (Å²) in [5, 5.41) is 12.2. The van der Waals surface area contributed by atoms with E-state index in [1.165, 1.54) is 6.39 Å². The van der Waals surface area contributed by atoms with E-state index in [9.17, 15) is 14.9 Å². The second-order valence-corrected chi connectivity index (χ2v) is 5.73. The van der Waals surface area contributed by atoms with E-state index in [0.29, 0.717) is 23.7 Å². The number of nitriles is 1. The van der Waals surface area contributed by atoms with Gasteiger partial charge in [-0.25, -0.2) is 24.5 Å². The number of aliphatic imine (C=N–C) groups is 1. The Morgan fingerprint density at radius 2 is 2.12 bits per heavy atom. The number of carbonyl (C=O) groups is 2. The topological polar surface area (TPSA) is 112 Å². The smallest absolute Gasteiger partial charge is 0.352 e. The van der Waals surface area contributed by atoms with Gasteiger partial charge in [0, 0.05) is 17.8 Å². The molecule has 2 heterocycles. The molecule has 1 aliphatic rings. The van der Waals surface area contributed by atoms with Crippen molar-refractivity contribution in [3.63, 3.8) is 0 Å². The molecule has 0 bridgehead atoms. The van der Waals surface area contributed by atoms with Crippen LogP contribution in [0.2, 0.25) is 0 Å². The van der Waals surface area contributed by atoms with Gasteiger partial charge in [0.2, 0.25) is 0 Å². The van der Waals surface area contributed by atoms with Crippen molar-refractivity contribution in [1.82, 2.24) is 15.2 Å². The number of hydrogen-bond donors (Lipinski definition) is 1. The highest BCUT2D eigenvalue weighted by atomic mass is 16.3. The summed E-state index contributed by atoms with van der Waals surface area (Å²) in [5.74, 6) is -0.407. The number of carbonyl (C=O) groups excluding carboxylic acids is 2. The highest BCUT2D eigenvalue weighted by Crippen LogP contribution is 2.38. The minimum absolute atomic E-state index is 0.333. The van der Waals surface area contributed by atoms with Crippen molar-refractivity contribution < 1.29 is 14.0 Å². The first-order valence-electron chi connectivity index (χ1n) is 8.13. The predicted molar refractivity (Wildman–Crippen MR) is 93.2 cm³/mol. The standard InChI is InChI=1S/C18H17N5O3/c1-3-20-17(24)23-15(13(9-19)11(2)22-18(23)25)14-16(26-10-21-14)12-7-5-4-6-8-12/h4-8,10,13,15H,3H2,1-2H3,(H,20,24). The molecule has 2 aromatic rings. The van der Waals surface area contributed by atoms with Gasteiger partial charge in [-0.05, 0) is 13.8 Å². The lowest BCUT2D eigenvalue weighted by Gasteiger charge is -2.34. The minimum atomic E-state index is -0.925. The Hall–Kier alpha value is -3.47. The van der Waals surface area contributed by atoms with Crippen LogP contribution in [0.5, 0.6) is 0 Å². The van der Waals surface area contributed by atoms with Crippen LogP contribution in [0.1, 0.15) is 25.6 Å². The highest BCUT2D eigenvalue weighted by molar-refractivity contribution is 6.05. The number of rotatable bonds is 3. The van der Waals surface area contributed by atoms with E-state index in [1.54, 1.807) is 13.8 Å². The van der Waals surface area contributed by atoms with Crippen molar-refractivity contribution in [2.24, 2.45) is 10.9 Å². The molecule has 0 fully saturated rings. The van der Waals surface area contributed by atoms with Crippen molar-refractivity contribution in [2.45, 2.75) is 19.9 Å². The number of imide groups is 1. The van der Waals surface area contributed by atoms with E-state index in [0.717, 1.165) is 10.5 Å². The van der Waals surface area contributed by atoms with Crippen molar-refractivity contribution in [3.8, 4) is 17.4 Å². The molecular weight excluding hydrogens is 334 g/mol. The molecule has 2 atom stereocenters. The van der Waals surface area contributed by atoms with Crippen molar-refractivity contribution >= 4 is 17.8 Å². The minimum Gasteiger partial charge on any atom is -0.443 e. The number of amides is 4. The average Bonchev–Trinajstić information content (AvgIpc) is 3.11. The maximum Gasteiger partial charge on any atom is 0.352 e. The lowest BCUT2D eigenvalue weighted by Crippen LogP contribution is -2.50. The second-order valence-electron chi connectivity index (χ2n) is 5.73. The largest absolute Gasteiger partial charge is 0.443 e. The van der Waals surface area contributed by atoms with Gasteiger partial charge < -0.3 is 9.73 Å². The fourth-order valence-electron chi connectivity index (χ4n) is 2.94. The Bertz CT molecular complexity index is 897. The predicted octanol–water partition coefficient (Wildman–Crippen LogP) is 3.15. The molecule has 1 aromatic carbocycles. The molecule has 26 heavy (non-hydrogen) atoms. The molecule has 8 nitrogen and oxygen atoms in total. The zero-order chi connectivity index (χ0) is 18.7. The quantitative estimate of drug-likeness (QED) is 0.913. The van der Waals surface area contributed by atoms with Crippen molar-refractivity contribution in [1.29, 1.82) is 5.26 Å². The van der Waals surface area contributed by atoms with Crippen LogP contribution in [-0.2, 0) is 0 Å². The third kappa shape index (κ3) is 2.95. The number of benzene rings is 1. The Balaban J connectivity index is 2.15. The van der Waals surface area contributed by atoms with E-state index in [-0.39, 0.29) is 0 Å². The Kier molecular flexibility index (Phi) is 4.80. The fraction of sp³-hybridized carbons (Fsp3) is 0.278. The maximum absolute atomic E-state index is 12.5. The number of nitrogens with one attached hydrogen (secondary N) is 1. The molecule has 1 aliphatic heterocycles. The molecular formula is C18H17N5O3. The number of oxazole rings is 1. The van der Waals surface area contributed by atoms with Crippen LogP contribution in [0.3, 0.4) is 0 Å². The Morgan fingerprint density at radius 3 is 2.77 bits per heavy atom. The first kappa shape index (κ1) is 17.4. The molecule has 1 aromatic heterocycles. The van der Waals surface area contributed by atoms with Crippen LogP contribution in [0.15, 0.2) is 46.1 Å². The number of aromatic nitrogens is 1. The zero-order valence-corrected chi connectivity index (χ0v) is 14.3. The summed E-state index contributed by atoms with van der Waals surface area (Å²) < 4.78 is 5.53. The van der Waals surface area contributed by atoms with Gasteiger partial charge in [0.05, 0.1) is 6.07 Å². The van der Waals surface area contributed by atoms with Crippen LogP contribution in [0, 0.1) is 17.2 Å². The summed E-state index contributed by atoms with van der Waals surface area (Å²) in [6, 6.07) is 9.04. The third-order valence-electron chi connectivity index (χ3n) is 4.12. The zero-order valence-electron chi connectivity index (χ0n) is 14.3. The molecule has 4 amide bonds. The van der Waals surface area contributed by atoms with Gasteiger partial charge in [-0.15, -0.1) is 0 Å². The van der Waals surface area contributed by atoms with Gasteiger partial charge in [0.15, 0.2) is 12.2 Å². The Labute approximate surface area is 150 Å². The molecule has 0 radical (unpaired) electrons. The summed E-state index contributed by atoms with van der Waals surface area (Å²) in [6.07, 6.45) is 1.24. The molecule has 0 saturated heterocycles. The van der Waals surface area contributed by atoms with E-state index in [1.807, 2.05) is 30.3 Å². The third-order valence-corrected chi connectivity index (χ3v) is 4.12. The van der Waals surface area contributed by atoms with E-state index < -0.39 is 24.0 Å². The van der Waals surface area contributed by atoms with Crippen molar-refractivity contribution in [3.05, 3.63) is 42.4 Å². The number of urea groups is 2. The second kappa shape index (κ2) is 7.19. The van der Waals surface area contributed by atoms with Crippen LogP contribution in [0.25, 0.3) is 11.3 Å². The van der Waals surface area contributed by atoms with E-state index in [2.05, 4.69) is 21.4 Å². The summed E-state index contributed by atoms with van der Waals surface area (Å²) >= 11 is 0. The van der Waals surface area contributed by atoms with Gasteiger partial charge in [-0.1, -0.05) is 30.3 Å². The first-order valence-corrected chi connectivity index (χ1v) is 8.13. The molecule has 0 aliphatic carbocycles. The maximum atomic E-state index is 12.5. The molecule has 2 unspecified atom stereocenters. The number of nitrogens with zero attached hydrogens (tertiary/aromatic N) is 4. The van der Waals surface area contributed by atoms with Gasteiger partial charge in [0.1, 0.15) is 17.7 Å². The number of hydrogen-bond acceptors (Lipinski definition) is 5. The van der Waals surface area contributed by atoms with Crippen molar-refractivity contribution in [2.75, 3.05) is 6.54 Å². The molecule has 0 spiro atoms. The summed E-state index contributed by atoms with van der Waals surface area (Å²) in [5.41, 5.74) is 1.42. The average molecular weight is 351 g/mol. The normalized spacial score (nSPS) is 19.7. The molecule has 1 N–H and O–H groups in total. The highest BCUT2D eigenvalue weighted by Gasteiger charge is 2.44. The SMILES string of the molecule is CCNC(=O)N1C(=O)N=C(C)C(C#N)C1c1ncoc1-c1ccccc1. The first-order chi connectivity index (χ1) is 12.6.